The Hall–Kier alpha value is -3.30. The van der Waals surface area contributed by atoms with Crippen LogP contribution < -0.4 is 19.8 Å². The number of carbonyl (C=O) groups is 2. The van der Waals surface area contributed by atoms with Gasteiger partial charge in [-0.25, -0.2) is 9.79 Å². The van der Waals surface area contributed by atoms with Crippen molar-refractivity contribution in [2.24, 2.45) is 4.99 Å². The molecule has 2 aliphatic heterocycles. The molecule has 4 heterocycles. The summed E-state index contributed by atoms with van der Waals surface area (Å²) in [5.74, 6) is -0.691. The molecule has 0 radical (unpaired) electrons. The number of hydrogen-bond donors (Lipinski definition) is 0. The molecule has 0 N–H and O–H groups in total. The first kappa shape index (κ1) is 22.5. The summed E-state index contributed by atoms with van der Waals surface area (Å²) in [4.78, 5) is 48.0. The quantitative estimate of drug-likeness (QED) is 0.524. The number of carbonyl (C=O) groups excluding carboxylic acids is 2. The van der Waals surface area contributed by atoms with E-state index in [0.29, 0.717) is 26.2 Å². The third-order valence-electron chi connectivity index (χ3n) is 5.91. The van der Waals surface area contributed by atoms with Gasteiger partial charge in [-0.1, -0.05) is 35.6 Å². The van der Waals surface area contributed by atoms with Gasteiger partial charge in [0.25, 0.3) is 11.5 Å². The molecule has 34 heavy (non-hydrogen) atoms. The number of para-hydroxylation sites is 1. The third kappa shape index (κ3) is 3.30. The van der Waals surface area contributed by atoms with Crippen molar-refractivity contribution in [3.05, 3.63) is 83.2 Å². The van der Waals surface area contributed by atoms with E-state index in [1.807, 2.05) is 55.6 Å². The number of aromatic nitrogens is 1. The van der Waals surface area contributed by atoms with Gasteiger partial charge in [0.05, 0.1) is 29.1 Å². The van der Waals surface area contributed by atoms with Gasteiger partial charge in [-0.15, -0.1) is 11.3 Å². The van der Waals surface area contributed by atoms with Gasteiger partial charge in [-0.05, 0) is 45.2 Å². The molecular formula is C25H23N3O4S2. The van der Waals surface area contributed by atoms with Crippen LogP contribution in [0.5, 0.6) is 0 Å². The molecule has 0 spiro atoms. The van der Waals surface area contributed by atoms with Crippen molar-refractivity contribution >= 4 is 45.8 Å². The Morgan fingerprint density at radius 2 is 1.94 bits per heavy atom. The lowest BCUT2D eigenvalue weighted by molar-refractivity contribution is -0.139. The van der Waals surface area contributed by atoms with Crippen LogP contribution in [-0.2, 0) is 14.3 Å². The SMILES string of the molecule is CCOC(=O)C1=C(C)N=c2s/c(=C3/C(=O)N(C(C)C)c4ccccc43)c(=O)n2[C@H]1c1cccs1. The number of allylic oxidation sites excluding steroid dienone is 1. The summed E-state index contributed by atoms with van der Waals surface area (Å²) in [6.07, 6.45) is 0. The summed E-state index contributed by atoms with van der Waals surface area (Å²) in [6.45, 7) is 7.62. The van der Waals surface area contributed by atoms with E-state index < -0.39 is 12.0 Å². The van der Waals surface area contributed by atoms with E-state index in [1.54, 1.807) is 18.7 Å². The summed E-state index contributed by atoms with van der Waals surface area (Å²) < 4.78 is 7.18. The maximum absolute atomic E-state index is 13.9. The Kier molecular flexibility index (Phi) is 5.61. The standard InChI is InChI=1S/C25H23N3O4S2/c1-5-32-24(31)18-14(4)26-25-28(20(18)17-11-8-12-33-17)23(30)21(34-25)19-15-9-6-7-10-16(15)27(13(2)3)22(19)29/h6-13,20H,5H2,1-4H3/b21-19+/t20-/m0/s1. The Labute approximate surface area is 203 Å². The van der Waals surface area contributed by atoms with Gasteiger partial charge in [-0.2, -0.15) is 0 Å². The maximum atomic E-state index is 13.9. The maximum Gasteiger partial charge on any atom is 0.338 e. The van der Waals surface area contributed by atoms with Crippen molar-refractivity contribution in [2.45, 2.75) is 39.8 Å². The van der Waals surface area contributed by atoms with Crippen LogP contribution in [0.3, 0.4) is 0 Å². The molecule has 0 saturated heterocycles. The Morgan fingerprint density at radius 3 is 2.62 bits per heavy atom. The van der Waals surface area contributed by atoms with Gasteiger partial charge in [0, 0.05) is 16.5 Å². The van der Waals surface area contributed by atoms with Crippen LogP contribution >= 0.6 is 22.7 Å². The number of nitrogens with zero attached hydrogens (tertiary/aromatic N) is 3. The van der Waals surface area contributed by atoms with Gasteiger partial charge >= 0.3 is 5.97 Å². The van der Waals surface area contributed by atoms with Crippen molar-refractivity contribution in [1.82, 2.24) is 4.57 Å². The highest BCUT2D eigenvalue weighted by Crippen LogP contribution is 2.37. The molecular weight excluding hydrogens is 470 g/mol. The second-order valence-corrected chi connectivity index (χ2v) is 10.3. The second-order valence-electron chi connectivity index (χ2n) is 8.30. The highest BCUT2D eigenvalue weighted by atomic mass is 32.1. The highest BCUT2D eigenvalue weighted by molar-refractivity contribution is 7.10. The lowest BCUT2D eigenvalue weighted by atomic mass is 10.0. The number of rotatable bonds is 4. The minimum absolute atomic E-state index is 0.0635. The Balaban J connectivity index is 1.82. The van der Waals surface area contributed by atoms with E-state index >= 15 is 0 Å². The molecule has 0 bridgehead atoms. The summed E-state index contributed by atoms with van der Waals surface area (Å²) in [5, 5.41) is 1.91. The first-order chi connectivity index (χ1) is 16.3. The second kappa shape index (κ2) is 8.48. The minimum Gasteiger partial charge on any atom is -0.463 e. The van der Waals surface area contributed by atoms with E-state index in [1.165, 1.54) is 27.2 Å². The summed E-state index contributed by atoms with van der Waals surface area (Å²) in [6, 6.07) is 10.6. The Bertz CT molecular complexity index is 1530. The van der Waals surface area contributed by atoms with Crippen LogP contribution in [0.25, 0.3) is 5.57 Å². The third-order valence-corrected chi connectivity index (χ3v) is 7.89. The Morgan fingerprint density at radius 1 is 1.18 bits per heavy atom. The molecule has 2 aliphatic rings. The molecule has 174 valence electrons. The van der Waals surface area contributed by atoms with E-state index in [9.17, 15) is 14.4 Å². The first-order valence-corrected chi connectivity index (χ1v) is 12.7. The molecule has 1 amide bonds. The van der Waals surface area contributed by atoms with Crippen molar-refractivity contribution in [1.29, 1.82) is 0 Å². The normalized spacial score (nSPS) is 18.8. The van der Waals surface area contributed by atoms with Crippen molar-refractivity contribution in [3.8, 4) is 0 Å². The van der Waals surface area contributed by atoms with Gasteiger partial charge in [-0.3, -0.25) is 14.2 Å². The van der Waals surface area contributed by atoms with Crippen LogP contribution in [0.2, 0.25) is 0 Å². The summed E-state index contributed by atoms with van der Waals surface area (Å²) in [7, 11) is 0. The average Bonchev–Trinajstić information content (AvgIpc) is 3.49. The molecule has 2 aromatic heterocycles. The zero-order valence-corrected chi connectivity index (χ0v) is 20.8. The van der Waals surface area contributed by atoms with E-state index in [-0.39, 0.29) is 24.1 Å². The molecule has 0 unspecified atom stereocenters. The monoisotopic (exact) mass is 493 g/mol. The molecule has 9 heteroatoms. The number of fused-ring (bicyclic) bond motifs is 2. The number of thiophene rings is 1. The zero-order valence-electron chi connectivity index (χ0n) is 19.2. The first-order valence-electron chi connectivity index (χ1n) is 11.0. The number of anilines is 1. The molecule has 0 fully saturated rings. The van der Waals surface area contributed by atoms with E-state index in [0.717, 1.165) is 16.1 Å². The highest BCUT2D eigenvalue weighted by Gasteiger charge is 2.38. The summed E-state index contributed by atoms with van der Waals surface area (Å²) in [5.41, 5.74) is 2.44. The van der Waals surface area contributed by atoms with Crippen LogP contribution in [0.1, 0.15) is 44.2 Å². The number of hydrogen-bond acceptors (Lipinski definition) is 7. The fourth-order valence-corrected chi connectivity index (χ4v) is 6.49. The molecule has 0 saturated carbocycles. The number of ether oxygens (including phenoxy) is 1. The van der Waals surface area contributed by atoms with Crippen molar-refractivity contribution in [2.75, 3.05) is 11.5 Å². The largest absolute Gasteiger partial charge is 0.463 e. The van der Waals surface area contributed by atoms with Crippen LogP contribution in [0.4, 0.5) is 5.69 Å². The summed E-state index contributed by atoms with van der Waals surface area (Å²) >= 11 is 2.65. The topological polar surface area (TPSA) is 81.0 Å². The lowest BCUT2D eigenvalue weighted by Gasteiger charge is -2.23. The van der Waals surface area contributed by atoms with Crippen LogP contribution in [0, 0.1) is 0 Å². The number of thiazole rings is 1. The molecule has 1 aromatic carbocycles. The average molecular weight is 494 g/mol. The van der Waals surface area contributed by atoms with Gasteiger partial charge in [0.2, 0.25) is 0 Å². The molecule has 5 rings (SSSR count). The van der Waals surface area contributed by atoms with Crippen LogP contribution in [0.15, 0.2) is 62.8 Å². The number of esters is 1. The van der Waals surface area contributed by atoms with Gasteiger partial charge in [0.1, 0.15) is 10.6 Å². The number of amides is 1. The van der Waals surface area contributed by atoms with Crippen molar-refractivity contribution in [3.63, 3.8) is 0 Å². The van der Waals surface area contributed by atoms with Crippen molar-refractivity contribution < 1.29 is 14.3 Å². The lowest BCUT2D eigenvalue weighted by Crippen LogP contribution is -2.41. The predicted octanol–water partition coefficient (Wildman–Crippen LogP) is 2.99. The number of benzene rings is 1. The molecule has 1 atom stereocenters. The minimum atomic E-state index is -0.655. The van der Waals surface area contributed by atoms with E-state index in [4.69, 9.17) is 4.74 Å². The molecule has 7 nitrogen and oxygen atoms in total. The fraction of sp³-hybridized carbons (Fsp3) is 0.280. The van der Waals surface area contributed by atoms with Crippen LogP contribution in [-0.4, -0.2) is 29.1 Å². The fourth-order valence-electron chi connectivity index (χ4n) is 4.53. The molecule has 0 aliphatic carbocycles. The smallest absolute Gasteiger partial charge is 0.338 e. The zero-order chi connectivity index (χ0) is 24.1. The predicted molar refractivity (Wildman–Crippen MR) is 133 cm³/mol. The van der Waals surface area contributed by atoms with Gasteiger partial charge in [0.15, 0.2) is 4.80 Å². The van der Waals surface area contributed by atoms with Gasteiger partial charge < -0.3 is 9.64 Å². The van der Waals surface area contributed by atoms with E-state index in [2.05, 4.69) is 4.99 Å². The molecule has 3 aromatic rings.